The summed E-state index contributed by atoms with van der Waals surface area (Å²) in [6, 6.07) is 10.7. The Bertz CT molecular complexity index is 1110. The Kier molecular flexibility index (Phi) is 6.17. The van der Waals surface area contributed by atoms with Gasteiger partial charge in [0.1, 0.15) is 5.25 Å². The van der Waals surface area contributed by atoms with E-state index in [0.717, 1.165) is 12.8 Å². The smallest absolute Gasteiger partial charge is 0.271 e. The van der Waals surface area contributed by atoms with E-state index in [9.17, 15) is 19.7 Å². The SMILES string of the molecule is O=C(CC1SC(=Nc2ccc(Cl)c(Cl)c2)N(C2CC2)C1=O)Nc1cccc([N+](=O)[O-])c1. The van der Waals surface area contributed by atoms with Crippen molar-refractivity contribution >= 4 is 69.0 Å². The van der Waals surface area contributed by atoms with Crippen LogP contribution in [0.2, 0.25) is 10.0 Å². The molecule has 160 valence electrons. The Balaban J connectivity index is 1.49. The number of thioether (sulfide) groups is 1. The number of hydrogen-bond donors (Lipinski definition) is 1. The normalized spacial score (nSPS) is 19.7. The van der Waals surface area contributed by atoms with E-state index in [4.69, 9.17) is 23.2 Å². The van der Waals surface area contributed by atoms with E-state index in [0.29, 0.717) is 26.6 Å². The number of nitrogens with zero attached hydrogens (tertiary/aromatic N) is 3. The average molecular weight is 479 g/mol. The van der Waals surface area contributed by atoms with Crippen LogP contribution in [0.3, 0.4) is 0 Å². The summed E-state index contributed by atoms with van der Waals surface area (Å²) in [5.74, 6) is -0.571. The number of nitrogens with one attached hydrogen (secondary N) is 1. The fourth-order valence-electron chi connectivity index (χ4n) is 3.10. The molecule has 2 aromatic carbocycles. The quantitative estimate of drug-likeness (QED) is 0.463. The molecule has 1 atom stereocenters. The standard InChI is InChI=1S/C20H16Cl2N4O4S/c21-15-7-4-12(9-16(15)22)24-20-25(13-5-6-13)19(28)17(31-20)10-18(27)23-11-2-1-3-14(8-11)26(29)30/h1-4,7-9,13,17H,5-6,10H2,(H,23,27). The summed E-state index contributed by atoms with van der Waals surface area (Å²) in [5, 5.41) is 14.2. The molecular weight excluding hydrogens is 463 g/mol. The van der Waals surface area contributed by atoms with Gasteiger partial charge in [-0.05, 0) is 37.1 Å². The summed E-state index contributed by atoms with van der Waals surface area (Å²) in [7, 11) is 0. The molecule has 31 heavy (non-hydrogen) atoms. The van der Waals surface area contributed by atoms with E-state index in [2.05, 4.69) is 10.3 Å². The maximum absolute atomic E-state index is 12.9. The van der Waals surface area contributed by atoms with Crippen molar-refractivity contribution in [2.24, 2.45) is 4.99 Å². The Morgan fingerprint density at radius 3 is 2.68 bits per heavy atom. The zero-order valence-electron chi connectivity index (χ0n) is 16.0. The third kappa shape index (κ3) is 5.00. The van der Waals surface area contributed by atoms with Gasteiger partial charge >= 0.3 is 0 Å². The summed E-state index contributed by atoms with van der Waals surface area (Å²) in [5.41, 5.74) is 0.746. The van der Waals surface area contributed by atoms with Crippen molar-refractivity contribution in [3.8, 4) is 0 Å². The number of nitro benzene ring substituents is 1. The molecule has 2 amide bonds. The Labute approximate surface area is 191 Å². The molecule has 1 aliphatic heterocycles. The second-order valence-corrected chi connectivity index (χ2v) is 9.08. The first-order valence-corrected chi connectivity index (χ1v) is 11.0. The number of rotatable bonds is 6. The van der Waals surface area contributed by atoms with E-state index >= 15 is 0 Å². The molecule has 1 saturated carbocycles. The molecule has 2 aromatic rings. The molecule has 11 heteroatoms. The average Bonchev–Trinajstić information content (AvgIpc) is 3.51. The first-order valence-electron chi connectivity index (χ1n) is 9.39. The van der Waals surface area contributed by atoms with Gasteiger partial charge in [-0.15, -0.1) is 0 Å². The minimum absolute atomic E-state index is 0.0736. The minimum atomic E-state index is -0.624. The van der Waals surface area contributed by atoms with Crippen molar-refractivity contribution in [3.63, 3.8) is 0 Å². The highest BCUT2D eigenvalue weighted by Gasteiger charge is 2.46. The van der Waals surface area contributed by atoms with Gasteiger partial charge in [0, 0.05) is 30.3 Å². The monoisotopic (exact) mass is 478 g/mol. The van der Waals surface area contributed by atoms with Gasteiger partial charge in [0.05, 0.1) is 20.7 Å². The van der Waals surface area contributed by atoms with Crippen LogP contribution in [0.4, 0.5) is 17.1 Å². The third-order valence-electron chi connectivity index (χ3n) is 4.72. The van der Waals surface area contributed by atoms with Crippen molar-refractivity contribution in [2.75, 3.05) is 5.32 Å². The molecular formula is C20H16Cl2N4O4S. The van der Waals surface area contributed by atoms with Gasteiger partial charge in [-0.3, -0.25) is 24.6 Å². The van der Waals surface area contributed by atoms with Crippen molar-refractivity contribution in [3.05, 3.63) is 62.6 Å². The maximum Gasteiger partial charge on any atom is 0.271 e. The molecule has 1 aliphatic carbocycles. The van der Waals surface area contributed by atoms with Gasteiger partial charge in [0.15, 0.2) is 5.17 Å². The number of benzene rings is 2. The fraction of sp³-hybridized carbons (Fsp3) is 0.250. The van der Waals surface area contributed by atoms with E-state index in [1.54, 1.807) is 29.2 Å². The Morgan fingerprint density at radius 2 is 2.00 bits per heavy atom. The number of nitro groups is 1. The van der Waals surface area contributed by atoms with Crippen molar-refractivity contribution < 1.29 is 14.5 Å². The number of aliphatic imine (C=N–C) groups is 1. The summed E-state index contributed by atoms with van der Waals surface area (Å²) in [4.78, 5) is 42.0. The van der Waals surface area contributed by atoms with Gasteiger partial charge in [0.25, 0.3) is 5.69 Å². The largest absolute Gasteiger partial charge is 0.326 e. The lowest BCUT2D eigenvalue weighted by atomic mass is 10.2. The topological polar surface area (TPSA) is 105 Å². The Morgan fingerprint density at radius 1 is 1.23 bits per heavy atom. The van der Waals surface area contributed by atoms with Gasteiger partial charge in [-0.25, -0.2) is 4.99 Å². The van der Waals surface area contributed by atoms with Crippen LogP contribution in [0.1, 0.15) is 19.3 Å². The molecule has 0 aromatic heterocycles. The molecule has 2 fully saturated rings. The van der Waals surface area contributed by atoms with Crippen LogP contribution >= 0.6 is 35.0 Å². The zero-order valence-corrected chi connectivity index (χ0v) is 18.3. The second-order valence-electron chi connectivity index (χ2n) is 7.10. The lowest BCUT2D eigenvalue weighted by molar-refractivity contribution is -0.384. The van der Waals surface area contributed by atoms with E-state index in [1.807, 2.05) is 0 Å². The lowest BCUT2D eigenvalue weighted by Crippen LogP contribution is -2.35. The molecule has 4 rings (SSSR count). The molecule has 0 spiro atoms. The molecule has 1 unspecified atom stereocenters. The van der Waals surface area contributed by atoms with E-state index in [1.165, 1.54) is 30.0 Å². The number of hydrogen-bond acceptors (Lipinski definition) is 6. The number of carbonyl (C=O) groups excluding carboxylic acids is 2. The van der Waals surface area contributed by atoms with Crippen molar-refractivity contribution in [1.82, 2.24) is 4.90 Å². The molecule has 1 saturated heterocycles. The van der Waals surface area contributed by atoms with Crippen LogP contribution in [0.5, 0.6) is 0 Å². The number of non-ortho nitro benzene ring substituents is 1. The van der Waals surface area contributed by atoms with Gasteiger partial charge in [-0.2, -0.15) is 0 Å². The highest BCUT2D eigenvalue weighted by atomic mass is 35.5. The molecule has 1 heterocycles. The number of amides is 2. The summed E-state index contributed by atoms with van der Waals surface area (Å²) < 4.78 is 0. The van der Waals surface area contributed by atoms with E-state index in [-0.39, 0.29) is 24.1 Å². The summed E-state index contributed by atoms with van der Waals surface area (Å²) in [6.45, 7) is 0. The third-order valence-corrected chi connectivity index (χ3v) is 6.61. The van der Waals surface area contributed by atoms with Crippen molar-refractivity contribution in [1.29, 1.82) is 0 Å². The van der Waals surface area contributed by atoms with Crippen LogP contribution in [0.25, 0.3) is 0 Å². The number of carbonyl (C=O) groups is 2. The predicted octanol–water partition coefficient (Wildman–Crippen LogP) is 5.02. The Hall–Kier alpha value is -2.62. The first kappa shape index (κ1) is 21.6. The highest BCUT2D eigenvalue weighted by molar-refractivity contribution is 8.15. The molecule has 1 N–H and O–H groups in total. The highest BCUT2D eigenvalue weighted by Crippen LogP contribution is 2.40. The van der Waals surface area contributed by atoms with E-state index < -0.39 is 16.1 Å². The molecule has 2 aliphatic rings. The second kappa shape index (κ2) is 8.86. The predicted molar refractivity (Wildman–Crippen MR) is 121 cm³/mol. The van der Waals surface area contributed by atoms with Crippen LogP contribution in [-0.2, 0) is 9.59 Å². The lowest BCUT2D eigenvalue weighted by Gasteiger charge is -2.15. The number of halogens is 2. The zero-order chi connectivity index (χ0) is 22.1. The van der Waals surface area contributed by atoms with Gasteiger partial charge in [-0.1, -0.05) is 41.0 Å². The molecule has 0 radical (unpaired) electrons. The first-order chi connectivity index (χ1) is 14.8. The van der Waals surface area contributed by atoms with Crippen LogP contribution in [0.15, 0.2) is 47.5 Å². The van der Waals surface area contributed by atoms with Crippen LogP contribution in [-0.4, -0.2) is 38.1 Å². The summed E-state index contributed by atoms with van der Waals surface area (Å²) >= 11 is 13.2. The van der Waals surface area contributed by atoms with Crippen LogP contribution < -0.4 is 5.32 Å². The molecule has 8 nitrogen and oxygen atoms in total. The molecule has 0 bridgehead atoms. The minimum Gasteiger partial charge on any atom is -0.326 e. The number of anilines is 1. The van der Waals surface area contributed by atoms with Crippen LogP contribution in [0, 0.1) is 10.1 Å². The maximum atomic E-state index is 12.9. The van der Waals surface area contributed by atoms with Gasteiger partial charge in [0.2, 0.25) is 11.8 Å². The van der Waals surface area contributed by atoms with Gasteiger partial charge < -0.3 is 5.32 Å². The number of amidine groups is 1. The van der Waals surface area contributed by atoms with Crippen molar-refractivity contribution in [2.45, 2.75) is 30.6 Å². The fourth-order valence-corrected chi connectivity index (χ4v) is 4.61. The summed E-state index contributed by atoms with van der Waals surface area (Å²) in [6.07, 6.45) is 1.70.